The number of para-hydroxylation sites is 1. The minimum atomic E-state index is -0.580. The van der Waals surface area contributed by atoms with Crippen molar-refractivity contribution in [1.29, 1.82) is 0 Å². The van der Waals surface area contributed by atoms with Crippen LogP contribution in [-0.2, 0) is 20.7 Å². The summed E-state index contributed by atoms with van der Waals surface area (Å²) in [5.41, 5.74) is 3.60. The molecule has 0 unspecified atom stereocenters. The van der Waals surface area contributed by atoms with Gasteiger partial charge in [-0.1, -0.05) is 37.3 Å². The maximum atomic E-state index is 12.1. The van der Waals surface area contributed by atoms with Crippen LogP contribution in [0, 0.1) is 6.92 Å². The van der Waals surface area contributed by atoms with E-state index in [1.807, 2.05) is 50.2 Å². The van der Waals surface area contributed by atoms with Gasteiger partial charge in [-0.2, -0.15) is 0 Å². The molecule has 2 rings (SSSR count). The quantitative estimate of drug-likeness (QED) is 0.608. The fourth-order valence-electron chi connectivity index (χ4n) is 2.47. The summed E-state index contributed by atoms with van der Waals surface area (Å²) in [5, 5.41) is 2.82. The van der Waals surface area contributed by atoms with E-state index in [4.69, 9.17) is 9.47 Å². The summed E-state index contributed by atoms with van der Waals surface area (Å²) < 4.78 is 10.1. The van der Waals surface area contributed by atoms with E-state index in [0.717, 1.165) is 28.8 Å². The molecule has 26 heavy (non-hydrogen) atoms. The molecule has 2 aromatic carbocycles. The monoisotopic (exact) mass is 353 g/mol. The Morgan fingerprint density at radius 1 is 1.15 bits per heavy atom. The van der Waals surface area contributed by atoms with Gasteiger partial charge in [0.05, 0.1) is 7.11 Å². The molecular formula is C21H23NO4. The highest BCUT2D eigenvalue weighted by molar-refractivity contribution is 5.95. The summed E-state index contributed by atoms with van der Waals surface area (Å²) in [6.07, 6.45) is 3.70. The molecule has 2 aromatic rings. The van der Waals surface area contributed by atoms with Crippen LogP contribution in [-0.4, -0.2) is 25.6 Å². The number of rotatable bonds is 7. The number of methoxy groups -OCH3 is 1. The van der Waals surface area contributed by atoms with Crippen molar-refractivity contribution < 1.29 is 19.1 Å². The molecule has 136 valence electrons. The molecule has 0 bridgehead atoms. The van der Waals surface area contributed by atoms with Crippen molar-refractivity contribution >= 4 is 23.6 Å². The number of esters is 1. The second kappa shape index (κ2) is 9.42. The number of benzene rings is 2. The van der Waals surface area contributed by atoms with Crippen molar-refractivity contribution in [2.45, 2.75) is 20.3 Å². The van der Waals surface area contributed by atoms with Crippen LogP contribution in [0.3, 0.4) is 0 Å². The van der Waals surface area contributed by atoms with Crippen molar-refractivity contribution in [3.63, 3.8) is 0 Å². The molecule has 0 heterocycles. The molecule has 0 fully saturated rings. The molecule has 5 nitrogen and oxygen atoms in total. The number of ether oxygens (including phenoxy) is 2. The van der Waals surface area contributed by atoms with Crippen LogP contribution in [0.4, 0.5) is 5.69 Å². The SMILES string of the molecule is CCc1cccc(C)c1NC(=O)COC(=O)C=Cc1cccc(OC)c1. The van der Waals surface area contributed by atoms with E-state index in [2.05, 4.69) is 5.32 Å². The zero-order valence-corrected chi connectivity index (χ0v) is 15.2. The Labute approximate surface area is 153 Å². The van der Waals surface area contributed by atoms with Gasteiger partial charge in [0.15, 0.2) is 6.61 Å². The van der Waals surface area contributed by atoms with Gasteiger partial charge in [0.1, 0.15) is 5.75 Å². The van der Waals surface area contributed by atoms with Gasteiger partial charge >= 0.3 is 5.97 Å². The van der Waals surface area contributed by atoms with Gasteiger partial charge in [-0.15, -0.1) is 0 Å². The minimum absolute atomic E-state index is 0.335. The normalized spacial score (nSPS) is 10.6. The van der Waals surface area contributed by atoms with E-state index in [1.165, 1.54) is 6.08 Å². The Morgan fingerprint density at radius 3 is 2.65 bits per heavy atom. The highest BCUT2D eigenvalue weighted by atomic mass is 16.5. The third-order valence-electron chi connectivity index (χ3n) is 3.86. The van der Waals surface area contributed by atoms with Crippen LogP contribution in [0.15, 0.2) is 48.5 Å². The number of aryl methyl sites for hydroxylation is 2. The summed E-state index contributed by atoms with van der Waals surface area (Å²) in [6, 6.07) is 13.1. The number of nitrogens with one attached hydrogen (secondary N) is 1. The predicted molar refractivity (Wildman–Crippen MR) is 102 cm³/mol. The first kappa shape index (κ1) is 19.2. The van der Waals surface area contributed by atoms with Crippen LogP contribution in [0.5, 0.6) is 5.75 Å². The number of hydrogen-bond donors (Lipinski definition) is 1. The van der Waals surface area contributed by atoms with Crippen molar-refractivity contribution in [1.82, 2.24) is 0 Å². The van der Waals surface area contributed by atoms with E-state index in [1.54, 1.807) is 19.3 Å². The van der Waals surface area contributed by atoms with Gasteiger partial charge in [0, 0.05) is 11.8 Å². The Morgan fingerprint density at radius 2 is 1.92 bits per heavy atom. The highest BCUT2D eigenvalue weighted by Crippen LogP contribution is 2.21. The molecule has 0 aliphatic rings. The summed E-state index contributed by atoms with van der Waals surface area (Å²) in [5.74, 6) is -0.245. The zero-order valence-electron chi connectivity index (χ0n) is 15.2. The first-order valence-electron chi connectivity index (χ1n) is 8.40. The number of anilines is 1. The van der Waals surface area contributed by atoms with Gasteiger partial charge in [-0.3, -0.25) is 4.79 Å². The zero-order chi connectivity index (χ0) is 18.9. The maximum absolute atomic E-state index is 12.1. The van der Waals surface area contributed by atoms with Gasteiger partial charge in [0.25, 0.3) is 5.91 Å². The third kappa shape index (κ3) is 5.48. The largest absolute Gasteiger partial charge is 0.497 e. The Balaban J connectivity index is 1.89. The van der Waals surface area contributed by atoms with E-state index in [0.29, 0.717) is 5.75 Å². The van der Waals surface area contributed by atoms with Crippen molar-refractivity contribution in [3.8, 4) is 5.75 Å². The first-order valence-corrected chi connectivity index (χ1v) is 8.40. The van der Waals surface area contributed by atoms with Gasteiger partial charge in [0.2, 0.25) is 0 Å². The summed E-state index contributed by atoms with van der Waals surface area (Å²) in [6.45, 7) is 3.62. The molecule has 0 aliphatic heterocycles. The predicted octanol–water partition coefficient (Wildman–Crippen LogP) is 3.76. The number of amides is 1. The van der Waals surface area contributed by atoms with E-state index < -0.39 is 5.97 Å². The first-order chi connectivity index (χ1) is 12.5. The Bertz CT molecular complexity index is 811. The lowest BCUT2D eigenvalue weighted by Gasteiger charge is -2.12. The van der Waals surface area contributed by atoms with Crippen molar-refractivity contribution in [3.05, 3.63) is 65.2 Å². The van der Waals surface area contributed by atoms with Gasteiger partial charge in [-0.05, 0) is 48.2 Å². The highest BCUT2D eigenvalue weighted by Gasteiger charge is 2.10. The minimum Gasteiger partial charge on any atom is -0.497 e. The molecule has 0 saturated carbocycles. The third-order valence-corrected chi connectivity index (χ3v) is 3.86. The fourth-order valence-corrected chi connectivity index (χ4v) is 2.47. The lowest BCUT2D eigenvalue weighted by Crippen LogP contribution is -2.21. The molecule has 0 saturated heterocycles. The second-order valence-corrected chi connectivity index (χ2v) is 5.73. The van der Waals surface area contributed by atoms with Crippen molar-refractivity contribution in [2.75, 3.05) is 19.0 Å². The van der Waals surface area contributed by atoms with Gasteiger partial charge < -0.3 is 14.8 Å². The topological polar surface area (TPSA) is 64.6 Å². The molecule has 0 spiro atoms. The van der Waals surface area contributed by atoms with Gasteiger partial charge in [-0.25, -0.2) is 4.79 Å². The van der Waals surface area contributed by atoms with E-state index in [9.17, 15) is 9.59 Å². The summed E-state index contributed by atoms with van der Waals surface area (Å²) in [4.78, 5) is 23.9. The second-order valence-electron chi connectivity index (χ2n) is 5.73. The standard InChI is InChI=1S/C21H23NO4/c1-4-17-9-5-7-15(2)21(17)22-19(23)14-26-20(24)12-11-16-8-6-10-18(13-16)25-3/h5-13H,4,14H2,1-3H3,(H,22,23). The van der Waals surface area contributed by atoms with E-state index in [-0.39, 0.29) is 12.5 Å². The molecule has 1 amide bonds. The molecule has 1 N–H and O–H groups in total. The summed E-state index contributed by atoms with van der Waals surface area (Å²) in [7, 11) is 1.58. The Hall–Kier alpha value is -3.08. The van der Waals surface area contributed by atoms with Crippen LogP contribution >= 0.6 is 0 Å². The maximum Gasteiger partial charge on any atom is 0.331 e. The number of carbonyl (C=O) groups is 2. The van der Waals surface area contributed by atoms with Crippen molar-refractivity contribution in [2.24, 2.45) is 0 Å². The summed E-state index contributed by atoms with van der Waals surface area (Å²) >= 11 is 0. The molecule has 0 atom stereocenters. The van der Waals surface area contributed by atoms with E-state index >= 15 is 0 Å². The smallest absolute Gasteiger partial charge is 0.331 e. The lowest BCUT2D eigenvalue weighted by molar-refractivity contribution is -0.142. The average Bonchev–Trinajstić information content (AvgIpc) is 2.66. The molecule has 0 radical (unpaired) electrons. The molecule has 0 aliphatic carbocycles. The van der Waals surface area contributed by atoms with Crippen LogP contribution in [0.25, 0.3) is 6.08 Å². The lowest BCUT2D eigenvalue weighted by atomic mass is 10.1. The molecule has 0 aromatic heterocycles. The van der Waals surface area contributed by atoms with Crippen LogP contribution < -0.4 is 10.1 Å². The van der Waals surface area contributed by atoms with Crippen LogP contribution in [0.2, 0.25) is 0 Å². The average molecular weight is 353 g/mol. The fraction of sp³-hybridized carbons (Fsp3) is 0.238. The number of hydrogen-bond acceptors (Lipinski definition) is 4. The molecular weight excluding hydrogens is 330 g/mol. The molecule has 5 heteroatoms. The Kier molecular flexibility index (Phi) is 6.97. The number of carbonyl (C=O) groups excluding carboxylic acids is 2. The van der Waals surface area contributed by atoms with Crippen LogP contribution in [0.1, 0.15) is 23.6 Å².